The van der Waals surface area contributed by atoms with Gasteiger partial charge in [-0.15, -0.1) is 6.42 Å². The fraction of sp³-hybridized carbons (Fsp3) is 0.121. The lowest BCUT2D eigenvalue weighted by atomic mass is 9.68. The first-order valence-electron chi connectivity index (χ1n) is 23.6. The molecular formula is C66H50. The van der Waals surface area contributed by atoms with Crippen molar-refractivity contribution in [1.82, 2.24) is 0 Å². The molecule has 0 spiro atoms. The third-order valence-corrected chi connectivity index (χ3v) is 14.9. The highest BCUT2D eigenvalue weighted by atomic mass is 14.4. The van der Waals surface area contributed by atoms with E-state index in [9.17, 15) is 0 Å². The minimum absolute atomic E-state index is 0.199. The molecule has 314 valence electrons. The van der Waals surface area contributed by atoms with Gasteiger partial charge in [0.1, 0.15) is 0 Å². The topological polar surface area (TPSA) is 0 Å². The van der Waals surface area contributed by atoms with Crippen LogP contribution in [0.25, 0.3) is 77.7 Å². The summed E-state index contributed by atoms with van der Waals surface area (Å²) in [5.74, 6) is 3.30. The zero-order valence-electron chi connectivity index (χ0n) is 37.8. The second kappa shape index (κ2) is 15.8. The summed E-state index contributed by atoms with van der Waals surface area (Å²) in [7, 11) is 0. The van der Waals surface area contributed by atoms with Crippen molar-refractivity contribution in [2.45, 2.75) is 39.0 Å². The monoisotopic (exact) mass is 842 g/mol. The molecule has 0 amide bonds. The van der Waals surface area contributed by atoms with E-state index >= 15 is 0 Å². The highest BCUT2D eigenvalue weighted by Crippen LogP contribution is 2.53. The number of terminal acetylenes is 1. The summed E-state index contributed by atoms with van der Waals surface area (Å²) in [6.45, 7) is 6.90. The van der Waals surface area contributed by atoms with Gasteiger partial charge in [0.25, 0.3) is 0 Å². The highest BCUT2D eigenvalue weighted by Gasteiger charge is 2.38. The molecule has 0 aromatic heterocycles. The van der Waals surface area contributed by atoms with Crippen LogP contribution in [0.2, 0.25) is 0 Å². The van der Waals surface area contributed by atoms with Gasteiger partial charge in [-0.1, -0.05) is 202 Å². The van der Waals surface area contributed by atoms with Crippen LogP contribution >= 0.6 is 0 Å². The maximum Gasteiger partial charge on any atom is 0.0315 e. The van der Waals surface area contributed by atoms with E-state index in [1.165, 1.54) is 110 Å². The van der Waals surface area contributed by atoms with E-state index in [2.05, 4.69) is 226 Å². The van der Waals surface area contributed by atoms with Crippen molar-refractivity contribution in [3.05, 3.63) is 250 Å². The molecule has 8 aromatic rings. The van der Waals surface area contributed by atoms with Crippen molar-refractivity contribution >= 4 is 44.3 Å². The largest absolute Gasteiger partial charge is 0.115 e. The Hall–Kier alpha value is -7.72. The molecule has 4 aliphatic rings. The summed E-state index contributed by atoms with van der Waals surface area (Å²) >= 11 is 0. The second-order valence-electron chi connectivity index (χ2n) is 18.8. The number of rotatable bonds is 6. The van der Waals surface area contributed by atoms with Crippen molar-refractivity contribution in [1.29, 1.82) is 0 Å². The first-order valence-corrected chi connectivity index (χ1v) is 23.6. The van der Waals surface area contributed by atoms with Crippen LogP contribution in [0.1, 0.15) is 67.0 Å². The lowest BCUT2D eigenvalue weighted by molar-refractivity contribution is 0.658. The van der Waals surface area contributed by atoms with E-state index < -0.39 is 0 Å². The van der Waals surface area contributed by atoms with Gasteiger partial charge in [0.2, 0.25) is 0 Å². The van der Waals surface area contributed by atoms with Crippen LogP contribution in [0.15, 0.2) is 206 Å². The number of hydrogen-bond donors (Lipinski definition) is 0. The summed E-state index contributed by atoms with van der Waals surface area (Å²) in [6.07, 6.45) is 26.9. The van der Waals surface area contributed by atoms with Crippen LogP contribution in [0.5, 0.6) is 0 Å². The van der Waals surface area contributed by atoms with E-state index in [-0.39, 0.29) is 17.3 Å². The lowest BCUT2D eigenvalue weighted by Crippen LogP contribution is -2.40. The van der Waals surface area contributed by atoms with E-state index in [1.807, 2.05) is 6.92 Å². The van der Waals surface area contributed by atoms with Gasteiger partial charge in [0.05, 0.1) is 0 Å². The van der Waals surface area contributed by atoms with E-state index in [0.29, 0.717) is 0 Å². The molecule has 0 saturated heterocycles. The Labute approximate surface area is 388 Å². The Morgan fingerprint density at radius 2 is 1.12 bits per heavy atom. The predicted molar refractivity (Wildman–Crippen MR) is 281 cm³/mol. The molecule has 0 saturated carbocycles. The minimum atomic E-state index is -0.226. The summed E-state index contributed by atoms with van der Waals surface area (Å²) in [4.78, 5) is 0. The SMILES string of the molecule is C#Cc1ccc(-c2c3ccccc3c(-c3ccc4c(c3)C(C)(C)c3cc(C5=c6ccccc6=C(C6=CCCC=C6)C6C=C(c7ccccc7)C=CC56)ccc3-4)c3ccccc23)cc1C=CC. The Balaban J connectivity index is 1.01. The van der Waals surface area contributed by atoms with Crippen molar-refractivity contribution in [3.8, 4) is 45.7 Å². The molecule has 4 aliphatic carbocycles. The average Bonchev–Trinajstić information content (AvgIpc) is 3.59. The molecule has 8 aromatic carbocycles. The molecule has 0 fully saturated rings. The molecule has 0 radical (unpaired) electrons. The summed E-state index contributed by atoms with van der Waals surface area (Å²) in [6, 6.07) is 59.1. The van der Waals surface area contributed by atoms with Gasteiger partial charge in [0, 0.05) is 22.8 Å². The van der Waals surface area contributed by atoms with Gasteiger partial charge in [-0.3, -0.25) is 0 Å². The molecule has 0 nitrogen and oxygen atoms in total. The minimum Gasteiger partial charge on any atom is -0.115 e. The fourth-order valence-corrected chi connectivity index (χ4v) is 11.8. The van der Waals surface area contributed by atoms with Gasteiger partial charge in [0.15, 0.2) is 0 Å². The molecule has 0 heteroatoms. The molecule has 0 heterocycles. The number of benzene rings is 8. The van der Waals surface area contributed by atoms with Gasteiger partial charge in [-0.05, 0) is 160 Å². The Morgan fingerprint density at radius 3 is 1.74 bits per heavy atom. The molecule has 0 aliphatic heterocycles. The normalized spacial score (nSPS) is 17.8. The zero-order chi connectivity index (χ0) is 44.5. The average molecular weight is 843 g/mol. The van der Waals surface area contributed by atoms with Crippen molar-refractivity contribution < 1.29 is 0 Å². The molecule has 0 bridgehead atoms. The molecule has 0 N–H and O–H groups in total. The van der Waals surface area contributed by atoms with Gasteiger partial charge in [-0.2, -0.15) is 0 Å². The van der Waals surface area contributed by atoms with Crippen LogP contribution in [-0.4, -0.2) is 0 Å². The van der Waals surface area contributed by atoms with Crippen LogP contribution in [-0.2, 0) is 5.41 Å². The van der Waals surface area contributed by atoms with Crippen molar-refractivity contribution in [2.24, 2.45) is 11.8 Å². The third-order valence-electron chi connectivity index (χ3n) is 14.9. The number of allylic oxidation sites excluding steroid dienone is 9. The molecule has 12 rings (SSSR count). The Kier molecular flexibility index (Phi) is 9.52. The summed E-state index contributed by atoms with van der Waals surface area (Å²) in [5.41, 5.74) is 20.2. The summed E-state index contributed by atoms with van der Waals surface area (Å²) < 4.78 is 0. The van der Waals surface area contributed by atoms with Crippen LogP contribution < -0.4 is 10.4 Å². The number of hydrogen-bond acceptors (Lipinski definition) is 0. The van der Waals surface area contributed by atoms with Crippen LogP contribution in [0, 0.1) is 24.2 Å². The maximum absolute atomic E-state index is 5.96. The summed E-state index contributed by atoms with van der Waals surface area (Å²) in [5, 5.41) is 7.67. The second-order valence-corrected chi connectivity index (χ2v) is 18.8. The lowest BCUT2D eigenvalue weighted by Gasteiger charge is -2.35. The fourth-order valence-electron chi connectivity index (χ4n) is 11.8. The number of fused-ring (bicyclic) bond motifs is 7. The maximum atomic E-state index is 5.96. The molecule has 66 heavy (non-hydrogen) atoms. The van der Waals surface area contributed by atoms with E-state index in [4.69, 9.17) is 6.42 Å². The Morgan fingerprint density at radius 1 is 0.545 bits per heavy atom. The zero-order valence-corrected chi connectivity index (χ0v) is 37.8. The quantitative estimate of drug-likeness (QED) is 0.116. The van der Waals surface area contributed by atoms with Crippen LogP contribution in [0.4, 0.5) is 0 Å². The van der Waals surface area contributed by atoms with Crippen molar-refractivity contribution in [3.63, 3.8) is 0 Å². The predicted octanol–water partition coefficient (Wildman–Crippen LogP) is 15.2. The molecular weight excluding hydrogens is 793 g/mol. The standard InChI is InChI=1S/C66H50/c1-5-19-45-38-47(31-30-42(45)6-2)63-54-26-15-17-28-56(54)64(57-29-18-16-27-55(57)63)48-33-35-50-51-36-34-49(41-61(51)66(3,4)60(50)40-48)65-53-25-14-13-24-52(53)62(44-22-11-8-12-23-44)59-39-46(32-37-58(59)65)43-20-9-7-10-21-43/h2,5,7,9-11,13-41,58-59H,8,12H2,1,3-4H3. The van der Waals surface area contributed by atoms with Gasteiger partial charge >= 0.3 is 0 Å². The van der Waals surface area contributed by atoms with E-state index in [1.54, 1.807) is 0 Å². The first kappa shape index (κ1) is 39.8. The molecule has 2 unspecified atom stereocenters. The third kappa shape index (κ3) is 6.22. The highest BCUT2D eigenvalue weighted by molar-refractivity contribution is 6.21. The smallest absolute Gasteiger partial charge is 0.0315 e. The first-order chi connectivity index (χ1) is 32.4. The Bertz CT molecular complexity index is 3620. The van der Waals surface area contributed by atoms with Gasteiger partial charge in [-0.25, -0.2) is 0 Å². The van der Waals surface area contributed by atoms with Crippen molar-refractivity contribution in [2.75, 3.05) is 0 Å². The van der Waals surface area contributed by atoms with Gasteiger partial charge < -0.3 is 0 Å². The van der Waals surface area contributed by atoms with E-state index in [0.717, 1.165) is 24.0 Å². The van der Waals surface area contributed by atoms with Crippen LogP contribution in [0.3, 0.4) is 0 Å². The molecule has 2 atom stereocenters.